The van der Waals surface area contributed by atoms with Crippen molar-refractivity contribution in [2.45, 2.75) is 0 Å². The quantitative estimate of drug-likeness (QED) is 0.286. The second-order valence-electron chi connectivity index (χ2n) is 0.408. The van der Waals surface area contributed by atoms with Crippen LogP contribution in [-0.2, 0) is 22.7 Å². The van der Waals surface area contributed by atoms with Gasteiger partial charge in [0.05, 0.1) is 0 Å². The zero-order chi connectivity index (χ0) is 7.15. The van der Waals surface area contributed by atoms with Crippen molar-refractivity contribution in [2.75, 3.05) is 0 Å². The van der Waals surface area contributed by atoms with Gasteiger partial charge in [0.15, 0.2) is 0 Å². The number of rotatable bonds is 0. The molecular formula is Na2O6S2-2. The van der Waals surface area contributed by atoms with Crippen LogP contribution in [0.1, 0.15) is 0 Å². The van der Waals surface area contributed by atoms with E-state index in [1.165, 1.54) is 0 Å². The molecule has 0 spiro atoms. The molecule has 0 aromatic carbocycles. The number of hydrogen-bond acceptors (Lipinski definition) is 6. The fourth-order valence-corrected chi connectivity index (χ4v) is 0. The van der Waals surface area contributed by atoms with E-state index in [4.69, 9.17) is 26.6 Å². The van der Waals surface area contributed by atoms with Crippen molar-refractivity contribution in [3.05, 3.63) is 0 Å². The van der Waals surface area contributed by atoms with Gasteiger partial charge in [0.25, 0.3) is 0 Å². The minimum atomic E-state index is -3.11. The van der Waals surface area contributed by atoms with Crippen molar-refractivity contribution in [2.24, 2.45) is 0 Å². The van der Waals surface area contributed by atoms with Crippen molar-refractivity contribution in [3.63, 3.8) is 0 Å². The first kappa shape index (κ1) is 22.7. The van der Waals surface area contributed by atoms with E-state index in [1.54, 1.807) is 0 Å². The van der Waals surface area contributed by atoms with Crippen LogP contribution in [0.5, 0.6) is 0 Å². The van der Waals surface area contributed by atoms with E-state index in [0.717, 1.165) is 0 Å². The molecule has 0 aliphatic heterocycles. The van der Waals surface area contributed by atoms with Crippen LogP contribution in [0.4, 0.5) is 0 Å². The molecule has 0 radical (unpaired) electrons. The molecule has 0 N–H and O–H groups in total. The van der Waals surface area contributed by atoms with Gasteiger partial charge < -0.3 is 18.2 Å². The molecule has 10 heteroatoms. The van der Waals surface area contributed by atoms with E-state index >= 15 is 0 Å². The maximum Gasteiger partial charge on any atom is 1.00 e. The van der Waals surface area contributed by atoms with E-state index in [2.05, 4.69) is 0 Å². The van der Waals surface area contributed by atoms with Crippen LogP contribution in [0.2, 0.25) is 0 Å². The van der Waals surface area contributed by atoms with Crippen LogP contribution in [0.25, 0.3) is 0 Å². The summed E-state index contributed by atoms with van der Waals surface area (Å²) in [6.45, 7) is 0. The fraction of sp³-hybridized carbons (Fsp3) is 0. The maximum atomic E-state index is 8.44. The Hall–Kier alpha value is 2.14. The second-order valence-corrected chi connectivity index (χ2v) is 1.22. The van der Waals surface area contributed by atoms with Crippen LogP contribution < -0.4 is 59.1 Å². The summed E-state index contributed by atoms with van der Waals surface area (Å²) >= 11 is -6.22. The summed E-state index contributed by atoms with van der Waals surface area (Å²) in [5.74, 6) is 0. The van der Waals surface area contributed by atoms with Gasteiger partial charge in [-0.1, -0.05) is 0 Å². The summed E-state index contributed by atoms with van der Waals surface area (Å²) in [6.07, 6.45) is 0. The third kappa shape index (κ3) is 185. The molecule has 0 saturated heterocycles. The Labute approximate surface area is 107 Å². The number of hydrogen-bond donors (Lipinski definition) is 0. The summed E-state index contributed by atoms with van der Waals surface area (Å²) in [7, 11) is 0. The third-order valence-electron chi connectivity index (χ3n) is 0. The van der Waals surface area contributed by atoms with E-state index in [1.807, 2.05) is 0 Å². The van der Waals surface area contributed by atoms with E-state index in [-0.39, 0.29) is 59.1 Å². The van der Waals surface area contributed by atoms with Gasteiger partial charge in [0, 0.05) is 0 Å². The molecule has 0 aromatic heterocycles. The molecule has 0 amide bonds. The van der Waals surface area contributed by atoms with Gasteiger partial charge in [0.2, 0.25) is 0 Å². The van der Waals surface area contributed by atoms with Crippen molar-refractivity contribution in [3.8, 4) is 0 Å². The van der Waals surface area contributed by atoms with Crippen molar-refractivity contribution in [1.82, 2.24) is 0 Å². The van der Waals surface area contributed by atoms with Crippen molar-refractivity contribution in [1.29, 1.82) is 0 Å². The average molecular weight is 206 g/mol. The van der Waals surface area contributed by atoms with E-state index < -0.39 is 22.7 Å². The Bertz CT molecular complexity index is 71.7. The predicted octanol–water partition coefficient (Wildman–Crippen LogP) is -8.00. The summed E-state index contributed by atoms with van der Waals surface area (Å²) in [6, 6.07) is 0. The first-order chi connectivity index (χ1) is 3.46. The maximum absolute atomic E-state index is 8.44. The van der Waals surface area contributed by atoms with Crippen molar-refractivity contribution >= 4 is 22.7 Å². The van der Waals surface area contributed by atoms with Crippen LogP contribution in [0.3, 0.4) is 0 Å². The minimum Gasteiger partial charge on any atom is -0.784 e. The topological polar surface area (TPSA) is 126 Å². The van der Waals surface area contributed by atoms with Crippen LogP contribution in [0, 0.1) is 0 Å². The molecule has 0 heterocycles. The smallest absolute Gasteiger partial charge is 0.784 e. The molecule has 10 heavy (non-hydrogen) atoms. The Balaban J connectivity index is -0.0000000300. The minimum absolute atomic E-state index is 0. The van der Waals surface area contributed by atoms with Gasteiger partial charge in [-0.05, 0) is 0 Å². The summed E-state index contributed by atoms with van der Waals surface area (Å²) in [5.41, 5.74) is 0. The molecule has 0 unspecified atom stereocenters. The zero-order valence-electron chi connectivity index (χ0n) is 5.27. The van der Waals surface area contributed by atoms with E-state index in [0.29, 0.717) is 0 Å². The van der Waals surface area contributed by atoms with Crippen LogP contribution >= 0.6 is 0 Å². The second kappa shape index (κ2) is 17.3. The Kier molecular flexibility index (Phi) is 39.3. The Morgan fingerprint density at radius 2 is 0.700 bits per heavy atom. The molecule has 0 rings (SSSR count). The Morgan fingerprint density at radius 1 is 0.700 bits per heavy atom. The van der Waals surface area contributed by atoms with Crippen molar-refractivity contribution < 1.29 is 85.7 Å². The molecule has 52 valence electrons. The fourth-order valence-electron chi connectivity index (χ4n) is 0. The van der Waals surface area contributed by atoms with Gasteiger partial charge in [-0.25, -0.2) is 0 Å². The van der Waals surface area contributed by atoms with E-state index in [9.17, 15) is 0 Å². The average Bonchev–Trinajstić information content (AvgIpc) is 1.25. The predicted molar refractivity (Wildman–Crippen MR) is 19.4 cm³/mol. The summed E-state index contributed by atoms with van der Waals surface area (Å²) in [5, 5.41) is 0. The molecule has 0 bridgehead atoms. The molecule has 0 aliphatic carbocycles. The molecule has 0 saturated carbocycles. The standard InChI is InChI=1S/2Na.2H2O3S/c;;2*1-4(2)3/h;;2*(H2,1,2,3)/q2*+1;;/p-4. The van der Waals surface area contributed by atoms with Gasteiger partial charge >= 0.3 is 59.1 Å². The molecule has 0 atom stereocenters. The van der Waals surface area contributed by atoms with Gasteiger partial charge in [-0.3, -0.25) is 8.42 Å². The largest absolute Gasteiger partial charge is 1.00 e. The van der Waals surface area contributed by atoms with Crippen LogP contribution in [0.15, 0.2) is 0 Å². The van der Waals surface area contributed by atoms with Gasteiger partial charge in [-0.15, -0.1) is 22.7 Å². The normalized spacial score (nSPS) is 7.00. The summed E-state index contributed by atoms with van der Waals surface area (Å²) < 4.78 is 50.7. The monoisotopic (exact) mass is 206 g/mol. The Morgan fingerprint density at radius 3 is 0.700 bits per heavy atom. The molecule has 0 aromatic rings. The molecule has 0 aliphatic rings. The zero-order valence-corrected chi connectivity index (χ0v) is 10.9. The first-order valence-electron chi connectivity index (χ1n) is 1.00. The SMILES string of the molecule is O=S([O-])[O-].O=S([O-])[O-].[Na+].[Na+]. The molecule has 6 nitrogen and oxygen atoms in total. The first-order valence-corrected chi connectivity index (χ1v) is 3.00. The van der Waals surface area contributed by atoms with Gasteiger partial charge in [-0.2, -0.15) is 0 Å². The van der Waals surface area contributed by atoms with Crippen LogP contribution in [-0.4, -0.2) is 26.6 Å². The molecule has 0 fully saturated rings. The van der Waals surface area contributed by atoms with Gasteiger partial charge in [0.1, 0.15) is 0 Å². The molecular weight excluding hydrogens is 206 g/mol. The third-order valence-corrected chi connectivity index (χ3v) is 0. The summed E-state index contributed by atoms with van der Waals surface area (Å²) in [4.78, 5) is 0.